The molecule has 1 aromatic heterocycles. The summed E-state index contributed by atoms with van der Waals surface area (Å²) in [6.45, 7) is 2.63. The number of ether oxygens (including phenoxy) is 1. The van der Waals surface area contributed by atoms with Gasteiger partial charge in [0.05, 0.1) is 5.69 Å². The van der Waals surface area contributed by atoms with E-state index in [-0.39, 0.29) is 17.7 Å². The van der Waals surface area contributed by atoms with Gasteiger partial charge in [-0.05, 0) is 71.7 Å². The Balaban J connectivity index is 1.14. The summed E-state index contributed by atoms with van der Waals surface area (Å²) in [5, 5.41) is 17.7. The second kappa shape index (κ2) is 18.5. The Labute approximate surface area is 297 Å². The molecule has 4 aromatic carbocycles. The molecule has 258 valence electrons. The molecule has 8 nitrogen and oxygen atoms in total. The lowest BCUT2D eigenvalue weighted by atomic mass is 9.91. The number of hydrogen-bond acceptors (Lipinski definition) is 6. The maximum atomic E-state index is 13.1. The number of aryl methyl sites for hydroxylation is 1. The lowest BCUT2D eigenvalue weighted by Gasteiger charge is -2.16. The van der Waals surface area contributed by atoms with E-state index in [0.29, 0.717) is 37.2 Å². The number of thiazole rings is 1. The minimum atomic E-state index is -1.04. The summed E-state index contributed by atoms with van der Waals surface area (Å²) in [6, 6.07) is 33.0. The number of rotatable bonds is 18. The molecular formula is C41H43N3O5S. The number of carbonyl (C=O) groups excluding carboxylic acids is 2. The molecule has 0 aliphatic carbocycles. The maximum absolute atomic E-state index is 13.1. The van der Waals surface area contributed by atoms with Crippen molar-refractivity contribution in [3.8, 4) is 16.3 Å². The molecule has 9 heteroatoms. The van der Waals surface area contributed by atoms with Crippen LogP contribution in [0.1, 0.15) is 76.8 Å². The van der Waals surface area contributed by atoms with Gasteiger partial charge in [-0.3, -0.25) is 9.59 Å². The molecule has 0 saturated carbocycles. The topological polar surface area (TPSA) is 118 Å². The molecule has 1 atom stereocenters. The highest BCUT2D eigenvalue weighted by molar-refractivity contribution is 7.13. The minimum Gasteiger partial charge on any atom is -0.482 e. The normalized spacial score (nSPS) is 11.5. The van der Waals surface area contributed by atoms with Crippen molar-refractivity contribution in [2.45, 2.75) is 64.5 Å². The number of carboxylic acid groups (broad SMARTS) is 1. The Morgan fingerprint density at radius 2 is 1.46 bits per heavy atom. The van der Waals surface area contributed by atoms with Crippen LogP contribution in [0.5, 0.6) is 5.75 Å². The minimum absolute atomic E-state index is 0.0683. The van der Waals surface area contributed by atoms with Gasteiger partial charge in [0.2, 0.25) is 5.91 Å². The van der Waals surface area contributed by atoms with Crippen molar-refractivity contribution >= 4 is 29.1 Å². The van der Waals surface area contributed by atoms with E-state index in [0.717, 1.165) is 39.4 Å². The van der Waals surface area contributed by atoms with Gasteiger partial charge in [0.25, 0.3) is 5.91 Å². The van der Waals surface area contributed by atoms with Gasteiger partial charge in [0, 0.05) is 36.0 Å². The number of unbranched alkanes of at least 4 members (excludes halogenated alkanes) is 2. The monoisotopic (exact) mass is 689 g/mol. The number of aliphatic carboxylic acids is 1. The Morgan fingerprint density at radius 3 is 2.14 bits per heavy atom. The van der Waals surface area contributed by atoms with Crippen molar-refractivity contribution < 1.29 is 24.2 Å². The molecular weight excluding hydrogens is 647 g/mol. The van der Waals surface area contributed by atoms with Gasteiger partial charge < -0.3 is 20.5 Å². The molecule has 0 aliphatic rings. The highest BCUT2D eigenvalue weighted by atomic mass is 32.1. The average Bonchev–Trinajstić information content (AvgIpc) is 3.62. The number of aromatic nitrogens is 1. The van der Waals surface area contributed by atoms with E-state index in [1.54, 1.807) is 35.6 Å². The van der Waals surface area contributed by atoms with Crippen LogP contribution in [0.4, 0.5) is 0 Å². The first-order valence-corrected chi connectivity index (χ1v) is 17.9. The molecule has 0 aliphatic heterocycles. The lowest BCUT2D eigenvalue weighted by molar-refractivity contribution is -0.139. The van der Waals surface area contributed by atoms with E-state index in [9.17, 15) is 14.4 Å². The third-order valence-corrected chi connectivity index (χ3v) is 9.36. The summed E-state index contributed by atoms with van der Waals surface area (Å²) in [5.74, 6) is -0.839. The van der Waals surface area contributed by atoms with Crippen LogP contribution in [0, 0.1) is 0 Å². The van der Waals surface area contributed by atoms with Gasteiger partial charge in [0.15, 0.2) is 6.61 Å². The Hall–Kier alpha value is -5.28. The van der Waals surface area contributed by atoms with Gasteiger partial charge in [-0.15, -0.1) is 11.3 Å². The highest BCUT2D eigenvalue weighted by Gasteiger charge is 2.19. The van der Waals surface area contributed by atoms with Gasteiger partial charge >= 0.3 is 5.97 Å². The van der Waals surface area contributed by atoms with Crippen LogP contribution in [0.15, 0.2) is 109 Å². The van der Waals surface area contributed by atoms with Gasteiger partial charge in [-0.1, -0.05) is 98.6 Å². The number of nitrogens with one attached hydrogen (secondary N) is 2. The number of amides is 2. The molecule has 5 aromatic rings. The summed E-state index contributed by atoms with van der Waals surface area (Å²) in [7, 11) is 0. The summed E-state index contributed by atoms with van der Waals surface area (Å²) in [4.78, 5) is 41.6. The van der Waals surface area contributed by atoms with Crippen LogP contribution >= 0.6 is 11.3 Å². The van der Waals surface area contributed by atoms with E-state index >= 15 is 0 Å². The summed E-state index contributed by atoms with van der Waals surface area (Å²) in [5.41, 5.74) is 6.79. The smallest absolute Gasteiger partial charge is 0.341 e. The first-order valence-electron chi connectivity index (χ1n) is 17.0. The molecule has 0 fully saturated rings. The SMILES string of the molecule is CCCCCc1ccc(CNC(=O)c2ccc(-c3nc(CC(CC(=O)NCc4ccc(OCC(=O)O)cc4)c4ccccc4)cs3)cc2)cc1. The molecule has 0 saturated heterocycles. The number of nitrogens with zero attached hydrogens (tertiary/aromatic N) is 1. The number of hydrogen-bond donors (Lipinski definition) is 3. The van der Waals surface area contributed by atoms with Gasteiger partial charge in [-0.25, -0.2) is 9.78 Å². The van der Waals surface area contributed by atoms with E-state index in [1.807, 2.05) is 60.0 Å². The highest BCUT2D eigenvalue weighted by Crippen LogP contribution is 2.29. The van der Waals surface area contributed by atoms with E-state index in [2.05, 4.69) is 41.8 Å². The van der Waals surface area contributed by atoms with E-state index in [1.165, 1.54) is 24.8 Å². The molecule has 3 N–H and O–H groups in total. The Kier molecular flexibility index (Phi) is 13.3. The van der Waals surface area contributed by atoms with Crippen LogP contribution < -0.4 is 15.4 Å². The average molecular weight is 690 g/mol. The summed E-state index contributed by atoms with van der Waals surface area (Å²) >= 11 is 1.55. The molecule has 1 heterocycles. The third kappa shape index (κ3) is 11.1. The number of benzene rings is 4. The molecule has 0 spiro atoms. The molecule has 0 radical (unpaired) electrons. The van der Waals surface area contributed by atoms with Crippen molar-refractivity contribution in [1.82, 2.24) is 15.6 Å². The fourth-order valence-electron chi connectivity index (χ4n) is 5.62. The quantitative estimate of drug-likeness (QED) is 0.0804. The lowest BCUT2D eigenvalue weighted by Crippen LogP contribution is -2.25. The predicted molar refractivity (Wildman–Crippen MR) is 197 cm³/mol. The van der Waals surface area contributed by atoms with Crippen LogP contribution in [0.3, 0.4) is 0 Å². The predicted octanol–water partition coefficient (Wildman–Crippen LogP) is 7.97. The summed E-state index contributed by atoms with van der Waals surface area (Å²) in [6.07, 6.45) is 5.64. The molecule has 5 rings (SSSR count). The molecule has 2 amide bonds. The first kappa shape index (κ1) is 36.0. The zero-order valence-electron chi connectivity index (χ0n) is 28.3. The molecule has 0 bridgehead atoms. The van der Waals surface area contributed by atoms with Crippen LogP contribution in [-0.2, 0) is 35.5 Å². The molecule has 1 unspecified atom stereocenters. The van der Waals surface area contributed by atoms with Crippen molar-refractivity contribution in [2.75, 3.05) is 6.61 Å². The second-order valence-corrected chi connectivity index (χ2v) is 13.2. The van der Waals surface area contributed by atoms with Crippen molar-refractivity contribution in [3.63, 3.8) is 0 Å². The van der Waals surface area contributed by atoms with Crippen LogP contribution in [-0.4, -0.2) is 34.5 Å². The Morgan fingerprint density at radius 1 is 0.800 bits per heavy atom. The number of carbonyl (C=O) groups is 3. The van der Waals surface area contributed by atoms with Crippen molar-refractivity contribution in [2.24, 2.45) is 0 Å². The first-order chi connectivity index (χ1) is 24.4. The zero-order chi connectivity index (χ0) is 35.1. The van der Waals surface area contributed by atoms with Gasteiger partial charge in [0.1, 0.15) is 10.8 Å². The summed E-state index contributed by atoms with van der Waals surface area (Å²) < 4.78 is 5.18. The third-order valence-electron chi connectivity index (χ3n) is 8.42. The van der Waals surface area contributed by atoms with Crippen LogP contribution in [0.2, 0.25) is 0 Å². The Bertz CT molecular complexity index is 1820. The van der Waals surface area contributed by atoms with Crippen LogP contribution in [0.25, 0.3) is 10.6 Å². The van der Waals surface area contributed by atoms with Crippen molar-refractivity contribution in [1.29, 1.82) is 0 Å². The fourth-order valence-corrected chi connectivity index (χ4v) is 6.45. The largest absolute Gasteiger partial charge is 0.482 e. The number of carboxylic acids is 1. The standard InChI is InChI=1S/C41H43N3O5S/c1-2-3-5-8-29-11-13-30(14-12-29)26-43-40(48)33-17-19-34(20-18-33)41-44-36(28-50-41)23-35(32-9-6-4-7-10-32)24-38(45)42-25-31-15-21-37(22-16-31)49-27-39(46)47/h4,6-7,9-22,28,35H,2-3,5,8,23-27H2,1H3,(H,42,45)(H,43,48)(H,46,47). The van der Waals surface area contributed by atoms with E-state index < -0.39 is 12.6 Å². The van der Waals surface area contributed by atoms with E-state index in [4.69, 9.17) is 14.8 Å². The fraction of sp³-hybridized carbons (Fsp3) is 0.268. The molecule has 50 heavy (non-hydrogen) atoms. The van der Waals surface area contributed by atoms with Gasteiger partial charge in [-0.2, -0.15) is 0 Å². The second-order valence-electron chi connectivity index (χ2n) is 12.3. The van der Waals surface area contributed by atoms with Crippen molar-refractivity contribution in [3.05, 3.63) is 142 Å². The maximum Gasteiger partial charge on any atom is 0.341 e. The zero-order valence-corrected chi connectivity index (χ0v) is 29.1.